The van der Waals surface area contributed by atoms with E-state index in [1.807, 2.05) is 19.1 Å². The zero-order valence-electron chi connectivity index (χ0n) is 15.3. The molecule has 0 bridgehead atoms. The molecule has 0 radical (unpaired) electrons. The van der Waals surface area contributed by atoms with Crippen LogP contribution in [0.15, 0.2) is 30.6 Å². The summed E-state index contributed by atoms with van der Waals surface area (Å²) in [6, 6.07) is 7.94. The molecule has 1 N–H and O–H groups in total. The van der Waals surface area contributed by atoms with Gasteiger partial charge in [0.1, 0.15) is 6.61 Å². The lowest BCUT2D eigenvalue weighted by Crippen LogP contribution is -2.37. The molecule has 0 atom stereocenters. The SMILES string of the molecule is CC(=O)OCc1ncn(CCCNC(C)(C)c2ccc(Cl)cc2)c1C. The molecule has 1 heterocycles. The fourth-order valence-corrected chi connectivity index (χ4v) is 2.77. The van der Waals surface area contributed by atoms with Gasteiger partial charge in [0.15, 0.2) is 0 Å². The highest BCUT2D eigenvalue weighted by Gasteiger charge is 2.19. The summed E-state index contributed by atoms with van der Waals surface area (Å²) in [6.45, 7) is 9.70. The number of carbonyl (C=O) groups is 1. The first-order valence-electron chi connectivity index (χ1n) is 8.44. The maximum Gasteiger partial charge on any atom is 0.303 e. The lowest BCUT2D eigenvalue weighted by Gasteiger charge is -2.27. The number of aryl methyl sites for hydroxylation is 1. The molecule has 0 saturated heterocycles. The van der Waals surface area contributed by atoms with Gasteiger partial charge in [-0.3, -0.25) is 4.79 Å². The number of nitrogens with one attached hydrogen (secondary N) is 1. The van der Waals surface area contributed by atoms with Crippen LogP contribution >= 0.6 is 11.6 Å². The molecule has 2 aromatic rings. The third kappa shape index (κ3) is 5.58. The molecule has 0 amide bonds. The van der Waals surface area contributed by atoms with Crippen LogP contribution in [0.4, 0.5) is 0 Å². The van der Waals surface area contributed by atoms with Crippen molar-refractivity contribution >= 4 is 17.6 Å². The summed E-state index contributed by atoms with van der Waals surface area (Å²) in [5.74, 6) is -0.289. The molecule has 0 aliphatic heterocycles. The highest BCUT2D eigenvalue weighted by Crippen LogP contribution is 2.21. The molecule has 6 heteroatoms. The van der Waals surface area contributed by atoms with Crippen LogP contribution in [-0.4, -0.2) is 22.1 Å². The molecule has 1 aromatic carbocycles. The Morgan fingerprint density at radius 3 is 2.64 bits per heavy atom. The van der Waals surface area contributed by atoms with Crippen molar-refractivity contribution in [2.75, 3.05) is 6.54 Å². The number of hydrogen-bond donors (Lipinski definition) is 1. The van der Waals surface area contributed by atoms with Crippen LogP contribution in [0.2, 0.25) is 5.02 Å². The molecule has 0 saturated carbocycles. The Morgan fingerprint density at radius 1 is 1.32 bits per heavy atom. The van der Waals surface area contributed by atoms with Crippen LogP contribution < -0.4 is 5.32 Å². The van der Waals surface area contributed by atoms with Gasteiger partial charge in [-0.15, -0.1) is 0 Å². The number of carbonyl (C=O) groups excluding carboxylic acids is 1. The van der Waals surface area contributed by atoms with E-state index in [0.717, 1.165) is 35.9 Å². The molecule has 0 aliphatic rings. The summed E-state index contributed by atoms with van der Waals surface area (Å²) in [6.07, 6.45) is 2.78. The second-order valence-corrected chi connectivity index (χ2v) is 7.10. The average Bonchev–Trinajstić information content (AvgIpc) is 2.90. The van der Waals surface area contributed by atoms with Gasteiger partial charge in [0, 0.05) is 29.7 Å². The number of rotatable bonds is 8. The highest BCUT2D eigenvalue weighted by atomic mass is 35.5. The number of esters is 1. The van der Waals surface area contributed by atoms with Gasteiger partial charge in [0.25, 0.3) is 0 Å². The number of ether oxygens (including phenoxy) is 1. The minimum atomic E-state index is -0.289. The first-order valence-corrected chi connectivity index (χ1v) is 8.82. The molecule has 2 rings (SSSR count). The predicted molar refractivity (Wildman–Crippen MR) is 99.5 cm³/mol. The summed E-state index contributed by atoms with van der Waals surface area (Å²) in [7, 11) is 0. The Hall–Kier alpha value is -1.85. The standard InChI is InChI=1S/C19H26ClN3O2/c1-14-18(12-25-15(2)24)21-13-23(14)11-5-10-22-19(3,4)16-6-8-17(20)9-7-16/h6-9,13,22H,5,10-12H2,1-4H3. The van der Waals surface area contributed by atoms with E-state index < -0.39 is 0 Å². The van der Waals surface area contributed by atoms with Gasteiger partial charge in [0.05, 0.1) is 12.0 Å². The Labute approximate surface area is 154 Å². The van der Waals surface area contributed by atoms with E-state index in [-0.39, 0.29) is 18.1 Å². The van der Waals surface area contributed by atoms with Crippen LogP contribution in [0.3, 0.4) is 0 Å². The highest BCUT2D eigenvalue weighted by molar-refractivity contribution is 6.30. The van der Waals surface area contributed by atoms with Crippen LogP contribution in [0.5, 0.6) is 0 Å². The largest absolute Gasteiger partial charge is 0.459 e. The monoisotopic (exact) mass is 363 g/mol. The minimum absolute atomic E-state index is 0.116. The fourth-order valence-electron chi connectivity index (χ4n) is 2.64. The third-order valence-electron chi connectivity index (χ3n) is 4.32. The minimum Gasteiger partial charge on any atom is -0.459 e. The van der Waals surface area contributed by atoms with E-state index >= 15 is 0 Å². The van der Waals surface area contributed by atoms with Crippen molar-refractivity contribution < 1.29 is 9.53 Å². The zero-order chi connectivity index (χ0) is 18.4. The zero-order valence-corrected chi connectivity index (χ0v) is 16.1. The number of imidazole rings is 1. The Bertz CT molecular complexity index is 708. The maximum atomic E-state index is 10.9. The van der Waals surface area contributed by atoms with Gasteiger partial charge in [-0.1, -0.05) is 23.7 Å². The first-order chi connectivity index (χ1) is 11.8. The van der Waals surface area contributed by atoms with Crippen molar-refractivity contribution in [3.05, 3.63) is 52.6 Å². The van der Waals surface area contributed by atoms with Gasteiger partial charge in [-0.2, -0.15) is 0 Å². The van der Waals surface area contributed by atoms with Gasteiger partial charge < -0.3 is 14.6 Å². The number of aromatic nitrogens is 2. The molecule has 136 valence electrons. The van der Waals surface area contributed by atoms with E-state index in [4.69, 9.17) is 16.3 Å². The van der Waals surface area contributed by atoms with Crippen molar-refractivity contribution in [2.45, 2.75) is 52.8 Å². The normalized spacial score (nSPS) is 11.6. The molecule has 0 aliphatic carbocycles. The molecule has 0 unspecified atom stereocenters. The van der Waals surface area contributed by atoms with Crippen LogP contribution in [-0.2, 0) is 28.2 Å². The lowest BCUT2D eigenvalue weighted by molar-refractivity contribution is -0.142. The number of hydrogen-bond acceptors (Lipinski definition) is 4. The predicted octanol–water partition coefficient (Wildman–Crippen LogP) is 3.82. The summed E-state index contributed by atoms with van der Waals surface area (Å²) in [5.41, 5.74) is 2.94. The van der Waals surface area contributed by atoms with Gasteiger partial charge >= 0.3 is 5.97 Å². The van der Waals surface area contributed by atoms with Gasteiger partial charge in [-0.05, 0) is 51.4 Å². The average molecular weight is 364 g/mol. The molecular weight excluding hydrogens is 338 g/mol. The van der Waals surface area contributed by atoms with E-state index in [0.29, 0.717) is 0 Å². The number of halogens is 1. The summed E-state index contributed by atoms with van der Waals surface area (Å²) >= 11 is 5.96. The first kappa shape index (κ1) is 19.5. The molecular formula is C19H26ClN3O2. The van der Waals surface area contributed by atoms with E-state index in [1.165, 1.54) is 12.5 Å². The fraction of sp³-hybridized carbons (Fsp3) is 0.474. The topological polar surface area (TPSA) is 56.1 Å². The molecule has 5 nitrogen and oxygen atoms in total. The lowest BCUT2D eigenvalue weighted by atomic mass is 9.94. The number of nitrogens with zero attached hydrogens (tertiary/aromatic N) is 2. The Balaban J connectivity index is 1.82. The molecule has 0 fully saturated rings. The summed E-state index contributed by atoms with van der Waals surface area (Å²) < 4.78 is 7.11. The van der Waals surface area contributed by atoms with E-state index in [9.17, 15) is 4.79 Å². The van der Waals surface area contributed by atoms with E-state index in [2.05, 4.69) is 40.8 Å². The van der Waals surface area contributed by atoms with Crippen molar-refractivity contribution in [3.8, 4) is 0 Å². The Kier molecular flexibility index (Phi) is 6.62. The molecule has 1 aromatic heterocycles. The summed E-state index contributed by atoms with van der Waals surface area (Å²) in [4.78, 5) is 15.2. The van der Waals surface area contributed by atoms with Crippen LogP contribution in [0.25, 0.3) is 0 Å². The van der Waals surface area contributed by atoms with Crippen molar-refractivity contribution in [1.82, 2.24) is 14.9 Å². The maximum absolute atomic E-state index is 10.9. The van der Waals surface area contributed by atoms with Crippen molar-refractivity contribution in [2.24, 2.45) is 0 Å². The second kappa shape index (κ2) is 8.50. The van der Waals surface area contributed by atoms with Gasteiger partial charge in [-0.25, -0.2) is 4.98 Å². The molecule has 0 spiro atoms. The number of benzene rings is 1. The Morgan fingerprint density at radius 2 is 2.00 bits per heavy atom. The summed E-state index contributed by atoms with van der Waals surface area (Å²) in [5, 5.41) is 4.33. The third-order valence-corrected chi connectivity index (χ3v) is 4.57. The quantitative estimate of drug-likeness (QED) is 0.572. The molecule has 25 heavy (non-hydrogen) atoms. The van der Waals surface area contributed by atoms with E-state index in [1.54, 1.807) is 6.33 Å². The van der Waals surface area contributed by atoms with Crippen molar-refractivity contribution in [3.63, 3.8) is 0 Å². The smallest absolute Gasteiger partial charge is 0.303 e. The van der Waals surface area contributed by atoms with Crippen molar-refractivity contribution in [1.29, 1.82) is 0 Å². The van der Waals surface area contributed by atoms with Gasteiger partial charge in [0.2, 0.25) is 0 Å². The van der Waals surface area contributed by atoms with Crippen LogP contribution in [0, 0.1) is 6.92 Å². The van der Waals surface area contributed by atoms with Crippen LogP contribution in [0.1, 0.15) is 44.1 Å². The second-order valence-electron chi connectivity index (χ2n) is 6.66.